The second kappa shape index (κ2) is 9.32. The van der Waals surface area contributed by atoms with E-state index in [4.69, 9.17) is 14.2 Å². The summed E-state index contributed by atoms with van der Waals surface area (Å²) in [7, 11) is 3.16. The van der Waals surface area contributed by atoms with Crippen molar-refractivity contribution in [2.75, 3.05) is 19.5 Å². The quantitative estimate of drug-likeness (QED) is 0.743. The van der Waals surface area contributed by atoms with E-state index in [9.17, 15) is 9.59 Å². The summed E-state index contributed by atoms with van der Waals surface area (Å²) in [6.07, 6.45) is -0.548. The smallest absolute Gasteiger partial charge is 0.412 e. The highest BCUT2D eigenvalue weighted by Gasteiger charge is 2.18. The fourth-order valence-electron chi connectivity index (χ4n) is 2.66. The number of ether oxygens (including phenoxy) is 3. The minimum atomic E-state index is -0.582. The molecule has 0 aliphatic rings. The van der Waals surface area contributed by atoms with Gasteiger partial charge in [-0.25, -0.2) is 4.79 Å². The molecule has 7 heteroatoms. The van der Waals surface area contributed by atoms with Crippen molar-refractivity contribution in [2.24, 2.45) is 0 Å². The van der Waals surface area contributed by atoms with E-state index in [1.807, 2.05) is 13.0 Å². The van der Waals surface area contributed by atoms with Crippen LogP contribution in [0.2, 0.25) is 0 Å². The predicted molar refractivity (Wildman–Crippen MR) is 112 cm³/mol. The maximum absolute atomic E-state index is 12.6. The number of hydrogen-bond acceptors (Lipinski definition) is 5. The van der Waals surface area contributed by atoms with Gasteiger partial charge in [-0.05, 0) is 70.2 Å². The lowest BCUT2D eigenvalue weighted by atomic mass is 10.1. The van der Waals surface area contributed by atoms with E-state index >= 15 is 0 Å². The first-order valence-corrected chi connectivity index (χ1v) is 9.26. The summed E-state index contributed by atoms with van der Waals surface area (Å²) < 4.78 is 15.8. The molecule has 2 N–H and O–H groups in total. The van der Waals surface area contributed by atoms with E-state index in [1.54, 1.807) is 71.4 Å². The summed E-state index contributed by atoms with van der Waals surface area (Å²) in [5.74, 6) is 1.10. The molecule has 0 aliphatic heterocycles. The van der Waals surface area contributed by atoms with Crippen molar-refractivity contribution in [3.05, 3.63) is 53.6 Å². The minimum absolute atomic E-state index is 0.244. The second-order valence-corrected chi connectivity index (χ2v) is 7.51. The van der Waals surface area contributed by atoms with Crippen LogP contribution < -0.4 is 20.1 Å². The predicted octanol–water partition coefficient (Wildman–Crippen LogP) is 4.54. The molecule has 0 radical (unpaired) electrons. The van der Waals surface area contributed by atoms with Crippen LogP contribution in [0.4, 0.5) is 10.5 Å². The molecule has 2 amide bonds. The average Bonchev–Trinajstić information content (AvgIpc) is 2.66. The number of carbonyl (C=O) groups excluding carboxylic acids is 2. The van der Waals surface area contributed by atoms with Crippen LogP contribution in [0, 0.1) is 0 Å². The Kier molecular flexibility index (Phi) is 7.09. The fourth-order valence-corrected chi connectivity index (χ4v) is 2.66. The molecule has 0 bridgehead atoms. The molecule has 0 aliphatic carbocycles. The van der Waals surface area contributed by atoms with Gasteiger partial charge in [0.25, 0.3) is 5.91 Å². The van der Waals surface area contributed by atoms with Gasteiger partial charge >= 0.3 is 6.09 Å². The van der Waals surface area contributed by atoms with Gasteiger partial charge in [-0.1, -0.05) is 0 Å². The van der Waals surface area contributed by atoms with Crippen LogP contribution in [0.25, 0.3) is 0 Å². The van der Waals surface area contributed by atoms with Gasteiger partial charge in [0, 0.05) is 16.8 Å². The van der Waals surface area contributed by atoms with Gasteiger partial charge in [-0.15, -0.1) is 0 Å². The van der Waals surface area contributed by atoms with Crippen molar-refractivity contribution in [1.29, 1.82) is 0 Å². The molecule has 29 heavy (non-hydrogen) atoms. The lowest BCUT2D eigenvalue weighted by Crippen LogP contribution is -2.27. The lowest BCUT2D eigenvalue weighted by molar-refractivity contribution is 0.0635. The van der Waals surface area contributed by atoms with Crippen LogP contribution in [-0.2, 0) is 4.74 Å². The molecule has 2 aromatic carbocycles. The molecule has 0 aromatic heterocycles. The Morgan fingerprint density at radius 2 is 1.62 bits per heavy atom. The minimum Gasteiger partial charge on any atom is -0.497 e. The van der Waals surface area contributed by atoms with E-state index in [2.05, 4.69) is 10.6 Å². The molecule has 0 spiro atoms. The number of hydrogen-bond donors (Lipinski definition) is 2. The molecule has 0 saturated carbocycles. The Morgan fingerprint density at radius 3 is 2.17 bits per heavy atom. The normalized spacial score (nSPS) is 11.9. The molecule has 0 fully saturated rings. The third-order valence-electron chi connectivity index (χ3n) is 4.04. The molecule has 2 rings (SSSR count). The monoisotopic (exact) mass is 400 g/mol. The first kappa shape index (κ1) is 22.1. The van der Waals surface area contributed by atoms with E-state index in [0.717, 1.165) is 5.56 Å². The molecule has 7 nitrogen and oxygen atoms in total. The zero-order valence-electron chi connectivity index (χ0n) is 17.7. The molecule has 0 unspecified atom stereocenters. The molecule has 0 saturated heterocycles. The van der Waals surface area contributed by atoms with Crippen molar-refractivity contribution >= 4 is 17.7 Å². The summed E-state index contributed by atoms with van der Waals surface area (Å²) in [5, 5.41) is 5.58. The Bertz CT molecular complexity index is 856. The number of anilines is 1. The van der Waals surface area contributed by atoms with Crippen molar-refractivity contribution < 1.29 is 23.8 Å². The highest BCUT2D eigenvalue weighted by Crippen LogP contribution is 2.29. The van der Waals surface area contributed by atoms with Crippen LogP contribution >= 0.6 is 0 Å². The van der Waals surface area contributed by atoms with Crippen LogP contribution in [0.5, 0.6) is 11.5 Å². The number of amides is 2. The van der Waals surface area contributed by atoms with E-state index in [-0.39, 0.29) is 11.9 Å². The fraction of sp³-hybridized carbons (Fsp3) is 0.364. The maximum Gasteiger partial charge on any atom is 0.412 e. The Balaban J connectivity index is 2.05. The summed E-state index contributed by atoms with van der Waals surface area (Å²) in [5.41, 5.74) is 1.23. The first-order valence-electron chi connectivity index (χ1n) is 9.26. The Labute approximate surface area is 171 Å². The van der Waals surface area contributed by atoms with Gasteiger partial charge in [0.1, 0.15) is 17.1 Å². The highest BCUT2D eigenvalue weighted by molar-refractivity contribution is 5.95. The van der Waals surface area contributed by atoms with Crippen LogP contribution in [0.15, 0.2) is 42.5 Å². The summed E-state index contributed by atoms with van der Waals surface area (Å²) >= 11 is 0. The van der Waals surface area contributed by atoms with Crippen molar-refractivity contribution in [1.82, 2.24) is 5.32 Å². The third-order valence-corrected chi connectivity index (χ3v) is 4.04. The third kappa shape index (κ3) is 6.41. The molecule has 1 atom stereocenters. The van der Waals surface area contributed by atoms with Crippen molar-refractivity contribution in [2.45, 2.75) is 39.3 Å². The zero-order chi connectivity index (χ0) is 21.6. The SMILES string of the molecule is COc1ccc(OC)c([C@@H](C)NC(=O)c2ccc(NC(=O)OC(C)(C)C)cc2)c1. The number of carbonyl (C=O) groups is 2. The largest absolute Gasteiger partial charge is 0.497 e. The van der Waals surface area contributed by atoms with Crippen molar-refractivity contribution in [3.8, 4) is 11.5 Å². The van der Waals surface area contributed by atoms with Gasteiger partial charge in [-0.3, -0.25) is 10.1 Å². The summed E-state index contributed by atoms with van der Waals surface area (Å²) in [6.45, 7) is 7.24. The molecule has 2 aromatic rings. The Hall–Kier alpha value is -3.22. The standard InChI is InChI=1S/C22H28N2O5/c1-14(18-13-17(27-5)11-12-19(18)28-6)23-20(25)15-7-9-16(10-8-15)24-21(26)29-22(2,3)4/h7-14H,1-6H3,(H,23,25)(H,24,26)/t14-/m1/s1. The van der Waals surface area contributed by atoms with Gasteiger partial charge in [0.2, 0.25) is 0 Å². The van der Waals surface area contributed by atoms with Crippen LogP contribution in [0.3, 0.4) is 0 Å². The molecule has 0 heterocycles. The zero-order valence-corrected chi connectivity index (χ0v) is 17.7. The molecular formula is C22H28N2O5. The van der Waals surface area contributed by atoms with Gasteiger partial charge in [0.15, 0.2) is 0 Å². The van der Waals surface area contributed by atoms with E-state index in [1.165, 1.54) is 0 Å². The first-order chi connectivity index (χ1) is 13.6. The van der Waals surface area contributed by atoms with Crippen molar-refractivity contribution in [3.63, 3.8) is 0 Å². The molecule has 156 valence electrons. The van der Waals surface area contributed by atoms with Crippen LogP contribution in [-0.4, -0.2) is 31.8 Å². The lowest BCUT2D eigenvalue weighted by Gasteiger charge is -2.20. The second-order valence-electron chi connectivity index (χ2n) is 7.51. The van der Waals surface area contributed by atoms with Gasteiger partial charge < -0.3 is 19.5 Å². The number of benzene rings is 2. The Morgan fingerprint density at radius 1 is 0.966 bits per heavy atom. The number of methoxy groups -OCH3 is 2. The average molecular weight is 400 g/mol. The van der Waals surface area contributed by atoms with Gasteiger partial charge in [-0.2, -0.15) is 0 Å². The topological polar surface area (TPSA) is 85.9 Å². The maximum atomic E-state index is 12.6. The molecular weight excluding hydrogens is 372 g/mol. The highest BCUT2D eigenvalue weighted by atomic mass is 16.6. The van der Waals surface area contributed by atoms with Crippen LogP contribution in [0.1, 0.15) is 49.7 Å². The van der Waals surface area contributed by atoms with E-state index in [0.29, 0.717) is 22.7 Å². The van der Waals surface area contributed by atoms with Gasteiger partial charge in [0.05, 0.1) is 20.3 Å². The van der Waals surface area contributed by atoms with E-state index < -0.39 is 11.7 Å². The number of rotatable bonds is 6. The summed E-state index contributed by atoms with van der Waals surface area (Å²) in [6, 6.07) is 11.7. The number of nitrogens with one attached hydrogen (secondary N) is 2. The summed E-state index contributed by atoms with van der Waals surface area (Å²) in [4.78, 5) is 24.4.